The Kier molecular flexibility index (Phi) is 3.97. The average molecular weight is 240 g/mol. The fourth-order valence-corrected chi connectivity index (χ4v) is 2.84. The summed E-state index contributed by atoms with van der Waals surface area (Å²) in [5, 5.41) is 15.7. The minimum atomic E-state index is -0.668. The van der Waals surface area contributed by atoms with E-state index in [4.69, 9.17) is 0 Å². The van der Waals surface area contributed by atoms with Crippen molar-refractivity contribution in [3.63, 3.8) is 0 Å². The van der Waals surface area contributed by atoms with Crippen LogP contribution in [-0.2, 0) is 5.60 Å². The number of thiophene rings is 1. The molecule has 1 aromatic rings. The van der Waals surface area contributed by atoms with Gasteiger partial charge in [-0.25, -0.2) is 0 Å². The predicted octanol–water partition coefficient (Wildman–Crippen LogP) is 1.25. The van der Waals surface area contributed by atoms with Crippen LogP contribution in [0, 0.1) is 0 Å². The van der Waals surface area contributed by atoms with E-state index >= 15 is 0 Å². The van der Waals surface area contributed by atoms with E-state index in [9.17, 15) is 5.11 Å². The maximum Gasteiger partial charge on any atom is 0.0972 e. The highest BCUT2D eigenvalue weighted by atomic mass is 32.1. The fraction of sp³-hybridized carbons (Fsp3) is 0.667. The number of nitrogens with one attached hydrogen (secondary N) is 1. The Balaban J connectivity index is 1.84. The molecule has 1 atom stereocenters. The molecule has 0 saturated carbocycles. The molecule has 1 fully saturated rings. The molecule has 16 heavy (non-hydrogen) atoms. The maximum atomic E-state index is 10.4. The predicted molar refractivity (Wildman–Crippen MR) is 67.8 cm³/mol. The number of hydrogen-bond acceptors (Lipinski definition) is 4. The molecule has 2 rings (SSSR count). The molecular weight excluding hydrogens is 220 g/mol. The van der Waals surface area contributed by atoms with E-state index in [0.29, 0.717) is 0 Å². The van der Waals surface area contributed by atoms with E-state index in [1.807, 2.05) is 24.4 Å². The van der Waals surface area contributed by atoms with Crippen LogP contribution in [0.5, 0.6) is 0 Å². The maximum absolute atomic E-state index is 10.4. The highest BCUT2D eigenvalue weighted by Gasteiger charge is 2.25. The quantitative estimate of drug-likeness (QED) is 0.831. The van der Waals surface area contributed by atoms with Crippen molar-refractivity contribution in [1.82, 2.24) is 10.2 Å². The number of aliphatic hydroxyl groups is 1. The van der Waals surface area contributed by atoms with Crippen molar-refractivity contribution in [1.29, 1.82) is 0 Å². The minimum Gasteiger partial charge on any atom is -0.385 e. The van der Waals surface area contributed by atoms with Gasteiger partial charge in [-0.1, -0.05) is 6.07 Å². The van der Waals surface area contributed by atoms with E-state index in [1.165, 1.54) is 0 Å². The first kappa shape index (κ1) is 12.0. The van der Waals surface area contributed by atoms with Crippen LogP contribution in [0.3, 0.4) is 0 Å². The minimum absolute atomic E-state index is 0.668. The summed E-state index contributed by atoms with van der Waals surface area (Å²) in [7, 11) is 0. The first-order valence-electron chi connectivity index (χ1n) is 5.88. The molecule has 1 aliphatic rings. The summed E-state index contributed by atoms with van der Waals surface area (Å²) in [5.74, 6) is 0. The van der Waals surface area contributed by atoms with Gasteiger partial charge >= 0.3 is 0 Å². The summed E-state index contributed by atoms with van der Waals surface area (Å²) in [4.78, 5) is 3.49. The Morgan fingerprint density at radius 3 is 2.88 bits per heavy atom. The molecule has 2 heterocycles. The van der Waals surface area contributed by atoms with Crippen LogP contribution in [0.4, 0.5) is 0 Å². The summed E-state index contributed by atoms with van der Waals surface area (Å²) in [6, 6.07) is 4.02. The number of piperazine rings is 1. The Morgan fingerprint density at radius 2 is 2.25 bits per heavy atom. The molecular formula is C12H20N2OS. The van der Waals surface area contributed by atoms with Crippen LogP contribution in [0.2, 0.25) is 0 Å². The van der Waals surface area contributed by atoms with Crippen LogP contribution >= 0.6 is 11.3 Å². The van der Waals surface area contributed by atoms with Crippen molar-refractivity contribution in [3.05, 3.63) is 22.4 Å². The van der Waals surface area contributed by atoms with Crippen molar-refractivity contribution < 1.29 is 5.11 Å². The van der Waals surface area contributed by atoms with Crippen molar-refractivity contribution >= 4 is 11.3 Å². The Hall–Kier alpha value is -0.420. The molecule has 0 aromatic carbocycles. The van der Waals surface area contributed by atoms with Gasteiger partial charge in [-0.2, -0.15) is 0 Å². The van der Waals surface area contributed by atoms with Crippen LogP contribution in [0.25, 0.3) is 0 Å². The lowest BCUT2D eigenvalue weighted by molar-refractivity contribution is 0.0379. The molecule has 1 saturated heterocycles. The van der Waals surface area contributed by atoms with Gasteiger partial charge in [0.1, 0.15) is 0 Å². The van der Waals surface area contributed by atoms with Gasteiger partial charge in [0.2, 0.25) is 0 Å². The monoisotopic (exact) mass is 240 g/mol. The van der Waals surface area contributed by atoms with Gasteiger partial charge in [0.25, 0.3) is 0 Å². The van der Waals surface area contributed by atoms with E-state index in [0.717, 1.165) is 44.0 Å². The number of rotatable bonds is 4. The summed E-state index contributed by atoms with van der Waals surface area (Å²) >= 11 is 1.64. The standard InChI is InChI=1S/C12H20N2OS/c1-12(15,11-3-2-10-16-11)4-7-14-8-5-13-6-9-14/h2-3,10,13,15H,4-9H2,1H3. The molecule has 1 aliphatic heterocycles. The van der Waals surface area contributed by atoms with Crippen LogP contribution in [-0.4, -0.2) is 42.7 Å². The second-order valence-electron chi connectivity index (χ2n) is 4.59. The highest BCUT2D eigenvalue weighted by Crippen LogP contribution is 2.28. The molecule has 0 aliphatic carbocycles. The van der Waals surface area contributed by atoms with Crippen LogP contribution < -0.4 is 5.32 Å². The molecule has 1 unspecified atom stereocenters. The number of nitrogens with zero attached hydrogens (tertiary/aromatic N) is 1. The van der Waals surface area contributed by atoms with Crippen LogP contribution in [0.15, 0.2) is 17.5 Å². The lowest BCUT2D eigenvalue weighted by Crippen LogP contribution is -2.44. The Morgan fingerprint density at radius 1 is 1.50 bits per heavy atom. The smallest absolute Gasteiger partial charge is 0.0972 e. The highest BCUT2D eigenvalue weighted by molar-refractivity contribution is 7.10. The van der Waals surface area contributed by atoms with Crippen molar-refractivity contribution in [2.24, 2.45) is 0 Å². The van der Waals surface area contributed by atoms with E-state index in [-0.39, 0.29) is 0 Å². The van der Waals surface area contributed by atoms with Gasteiger partial charge in [-0.15, -0.1) is 11.3 Å². The zero-order valence-corrected chi connectivity index (χ0v) is 10.6. The van der Waals surface area contributed by atoms with Crippen molar-refractivity contribution in [3.8, 4) is 0 Å². The second kappa shape index (κ2) is 5.27. The van der Waals surface area contributed by atoms with Gasteiger partial charge in [-0.3, -0.25) is 0 Å². The number of hydrogen-bond donors (Lipinski definition) is 2. The Labute approximate surface area is 101 Å². The van der Waals surface area contributed by atoms with Gasteiger partial charge in [0, 0.05) is 37.6 Å². The molecule has 4 heteroatoms. The third-order valence-corrected chi connectivity index (χ3v) is 4.30. The largest absolute Gasteiger partial charge is 0.385 e. The molecule has 0 radical (unpaired) electrons. The molecule has 2 N–H and O–H groups in total. The summed E-state index contributed by atoms with van der Waals surface area (Å²) in [5.41, 5.74) is -0.668. The molecule has 90 valence electrons. The normalized spacial score (nSPS) is 21.9. The lowest BCUT2D eigenvalue weighted by Gasteiger charge is -2.30. The first-order valence-corrected chi connectivity index (χ1v) is 6.76. The second-order valence-corrected chi connectivity index (χ2v) is 5.54. The zero-order chi connectivity index (χ0) is 11.4. The SMILES string of the molecule is CC(O)(CCN1CCNCC1)c1cccs1. The van der Waals surface area contributed by atoms with Crippen molar-refractivity contribution in [2.45, 2.75) is 18.9 Å². The van der Waals surface area contributed by atoms with Crippen LogP contribution in [0.1, 0.15) is 18.2 Å². The lowest BCUT2D eigenvalue weighted by atomic mass is 10.00. The molecule has 0 bridgehead atoms. The van der Waals surface area contributed by atoms with Gasteiger partial charge in [0.05, 0.1) is 5.60 Å². The molecule has 3 nitrogen and oxygen atoms in total. The van der Waals surface area contributed by atoms with E-state index in [2.05, 4.69) is 10.2 Å². The molecule has 0 amide bonds. The van der Waals surface area contributed by atoms with E-state index < -0.39 is 5.60 Å². The fourth-order valence-electron chi connectivity index (χ4n) is 2.02. The molecule has 1 aromatic heterocycles. The third-order valence-electron chi connectivity index (χ3n) is 3.18. The molecule has 0 spiro atoms. The van der Waals surface area contributed by atoms with Gasteiger partial charge in [0.15, 0.2) is 0 Å². The van der Waals surface area contributed by atoms with Crippen molar-refractivity contribution in [2.75, 3.05) is 32.7 Å². The summed E-state index contributed by atoms with van der Waals surface area (Å²) in [6.07, 6.45) is 0.813. The van der Waals surface area contributed by atoms with Gasteiger partial charge < -0.3 is 15.3 Å². The van der Waals surface area contributed by atoms with Gasteiger partial charge in [-0.05, 0) is 24.8 Å². The Bertz CT molecular complexity index is 305. The zero-order valence-electron chi connectivity index (χ0n) is 9.78. The topological polar surface area (TPSA) is 35.5 Å². The summed E-state index contributed by atoms with van der Waals surface area (Å²) in [6.45, 7) is 7.23. The van der Waals surface area contributed by atoms with E-state index in [1.54, 1.807) is 11.3 Å². The third kappa shape index (κ3) is 3.04. The average Bonchev–Trinajstić information content (AvgIpc) is 2.82. The first-order chi connectivity index (χ1) is 7.68. The summed E-state index contributed by atoms with van der Waals surface area (Å²) < 4.78 is 0.